The number of carboxylic acid groups (broad SMARTS) is 1. The van der Waals surface area contributed by atoms with Crippen molar-refractivity contribution in [2.45, 2.75) is 45.2 Å². The molecule has 2 aromatic carbocycles. The minimum atomic E-state index is -3.91. The molecule has 0 aliphatic carbocycles. The van der Waals surface area contributed by atoms with Crippen LogP contribution in [0.3, 0.4) is 0 Å². The largest absolute Gasteiger partial charge is 0.480 e. The maximum Gasteiger partial charge on any atom is 0.326 e. The number of carboxylic acids is 1. The Morgan fingerprint density at radius 1 is 0.919 bits per heavy atom. The van der Waals surface area contributed by atoms with E-state index in [0.29, 0.717) is 11.1 Å². The number of sulfonamides is 1. The highest BCUT2D eigenvalue weighted by molar-refractivity contribution is 7.89. The van der Waals surface area contributed by atoms with Gasteiger partial charge in [0, 0.05) is 13.0 Å². The Bertz CT molecular complexity index is 1230. The van der Waals surface area contributed by atoms with E-state index < -0.39 is 51.7 Å². The van der Waals surface area contributed by atoms with Crippen LogP contribution in [0, 0.1) is 5.92 Å². The van der Waals surface area contributed by atoms with Crippen LogP contribution >= 0.6 is 0 Å². The van der Waals surface area contributed by atoms with E-state index in [0.717, 1.165) is 10.5 Å². The highest BCUT2D eigenvalue weighted by atomic mass is 32.2. The number of rotatable bonds is 13. The van der Waals surface area contributed by atoms with Crippen LogP contribution in [0.4, 0.5) is 0 Å². The van der Waals surface area contributed by atoms with E-state index in [1.807, 2.05) is 0 Å². The highest BCUT2D eigenvalue weighted by Crippen LogP contribution is 2.22. The first-order valence-corrected chi connectivity index (χ1v) is 13.7. The van der Waals surface area contributed by atoms with Crippen molar-refractivity contribution in [3.05, 3.63) is 71.3 Å². The molecule has 11 heteroatoms. The van der Waals surface area contributed by atoms with Crippen LogP contribution in [0.2, 0.25) is 0 Å². The summed E-state index contributed by atoms with van der Waals surface area (Å²) >= 11 is 0. The summed E-state index contributed by atoms with van der Waals surface area (Å²) in [5, 5.41) is 12.0. The molecule has 10 nitrogen and oxygen atoms in total. The van der Waals surface area contributed by atoms with Crippen molar-refractivity contribution in [3.8, 4) is 0 Å². The molecule has 0 bridgehead atoms. The third-order valence-electron chi connectivity index (χ3n) is 6.08. The Kier molecular flexibility index (Phi) is 9.17. The lowest BCUT2D eigenvalue weighted by molar-refractivity contribution is -0.142. The van der Waals surface area contributed by atoms with Crippen LogP contribution in [0.15, 0.2) is 54.6 Å². The smallest absolute Gasteiger partial charge is 0.326 e. The number of nitrogens with zero attached hydrogens (tertiary/aromatic N) is 1. The summed E-state index contributed by atoms with van der Waals surface area (Å²) in [4.78, 5) is 50.6. The normalized spacial score (nSPS) is 14.9. The Labute approximate surface area is 216 Å². The van der Waals surface area contributed by atoms with Crippen LogP contribution in [-0.2, 0) is 26.0 Å². The first-order valence-electron chi connectivity index (χ1n) is 12.0. The summed E-state index contributed by atoms with van der Waals surface area (Å²) in [6.07, 6.45) is 0.474. The molecule has 0 radical (unpaired) electrons. The number of amides is 3. The Hall–Kier alpha value is -3.57. The minimum Gasteiger partial charge on any atom is -0.480 e. The van der Waals surface area contributed by atoms with Gasteiger partial charge in [0.05, 0.1) is 16.9 Å². The number of carbonyl (C=O) groups is 4. The molecular weight excluding hydrogens is 498 g/mol. The average molecular weight is 530 g/mol. The molecule has 37 heavy (non-hydrogen) atoms. The lowest BCUT2D eigenvalue weighted by Gasteiger charge is -2.24. The summed E-state index contributed by atoms with van der Waals surface area (Å²) in [5.74, 6) is -3.52. The fourth-order valence-corrected chi connectivity index (χ4v) is 5.53. The van der Waals surface area contributed by atoms with E-state index in [4.69, 9.17) is 0 Å². The van der Waals surface area contributed by atoms with Gasteiger partial charge >= 0.3 is 5.97 Å². The maximum atomic E-state index is 12.9. The van der Waals surface area contributed by atoms with Crippen LogP contribution in [0.5, 0.6) is 0 Å². The molecule has 0 unspecified atom stereocenters. The van der Waals surface area contributed by atoms with Gasteiger partial charge in [0.2, 0.25) is 15.9 Å². The van der Waals surface area contributed by atoms with E-state index in [1.54, 1.807) is 68.4 Å². The SMILES string of the molecule is CC(C)[C@H](NS(=O)(=O)CCCCN1C(=O)c2ccccc2C1=O)C(=O)N[C@@H](Cc1ccccc1)C(=O)O. The molecule has 3 rings (SSSR count). The lowest BCUT2D eigenvalue weighted by atomic mass is 10.0. The van der Waals surface area contributed by atoms with E-state index in [2.05, 4.69) is 10.0 Å². The van der Waals surface area contributed by atoms with Crippen LogP contribution < -0.4 is 10.0 Å². The van der Waals surface area contributed by atoms with Gasteiger partial charge in [-0.2, -0.15) is 0 Å². The van der Waals surface area contributed by atoms with Crippen molar-refractivity contribution < 1.29 is 32.7 Å². The summed E-state index contributed by atoms with van der Waals surface area (Å²) in [5.41, 5.74) is 1.38. The number of benzene rings is 2. The van der Waals surface area contributed by atoms with Crippen molar-refractivity contribution >= 4 is 33.7 Å². The van der Waals surface area contributed by atoms with Gasteiger partial charge in [0.15, 0.2) is 0 Å². The molecule has 198 valence electrons. The second-order valence-electron chi connectivity index (χ2n) is 9.26. The zero-order valence-electron chi connectivity index (χ0n) is 20.7. The summed E-state index contributed by atoms with van der Waals surface area (Å²) in [6, 6.07) is 12.9. The van der Waals surface area contributed by atoms with Gasteiger partial charge in [-0.25, -0.2) is 17.9 Å². The minimum absolute atomic E-state index is 0.0529. The fraction of sp³-hybridized carbons (Fsp3) is 0.385. The number of hydrogen-bond acceptors (Lipinski definition) is 6. The topological polar surface area (TPSA) is 150 Å². The number of aliphatic carboxylic acids is 1. The molecule has 2 aromatic rings. The second-order valence-corrected chi connectivity index (χ2v) is 11.1. The van der Waals surface area contributed by atoms with Crippen molar-refractivity contribution in [2.24, 2.45) is 5.92 Å². The van der Waals surface area contributed by atoms with Gasteiger partial charge in [-0.15, -0.1) is 0 Å². The number of unbranched alkanes of at least 4 members (excludes halogenated alkanes) is 1. The zero-order valence-corrected chi connectivity index (χ0v) is 21.5. The van der Waals surface area contributed by atoms with E-state index in [-0.39, 0.29) is 31.6 Å². The zero-order chi connectivity index (χ0) is 27.2. The average Bonchev–Trinajstić information content (AvgIpc) is 3.10. The molecule has 1 aliphatic heterocycles. The standard InChI is InChI=1S/C26H31N3O7S/c1-17(2)22(23(30)27-21(26(33)34)16-18-10-4-3-5-11-18)28-37(35,36)15-9-8-14-29-24(31)19-12-6-7-13-20(19)25(29)32/h3-7,10-13,17,21-22,28H,8-9,14-16H2,1-2H3,(H,27,30)(H,33,34)/t21-,22-/m0/s1. The molecule has 0 aromatic heterocycles. The molecule has 0 fully saturated rings. The van der Waals surface area contributed by atoms with Gasteiger partial charge in [-0.05, 0) is 36.5 Å². The van der Waals surface area contributed by atoms with E-state index in [9.17, 15) is 32.7 Å². The van der Waals surface area contributed by atoms with E-state index >= 15 is 0 Å². The first-order chi connectivity index (χ1) is 17.5. The Balaban J connectivity index is 1.54. The summed E-state index contributed by atoms with van der Waals surface area (Å²) < 4.78 is 27.8. The van der Waals surface area contributed by atoms with Crippen LogP contribution in [-0.4, -0.2) is 66.5 Å². The Morgan fingerprint density at radius 3 is 2.03 bits per heavy atom. The van der Waals surface area contributed by atoms with Crippen molar-refractivity contribution in [2.75, 3.05) is 12.3 Å². The second kappa shape index (κ2) is 12.1. The molecule has 0 spiro atoms. The molecule has 0 saturated heterocycles. The number of imide groups is 1. The maximum absolute atomic E-state index is 12.9. The third-order valence-corrected chi connectivity index (χ3v) is 7.52. The van der Waals surface area contributed by atoms with Gasteiger partial charge < -0.3 is 10.4 Å². The molecule has 2 atom stereocenters. The molecule has 1 aliphatic rings. The fourth-order valence-electron chi connectivity index (χ4n) is 4.06. The van der Waals surface area contributed by atoms with Gasteiger partial charge in [0.1, 0.15) is 12.1 Å². The van der Waals surface area contributed by atoms with Gasteiger partial charge in [0.25, 0.3) is 11.8 Å². The molecule has 0 saturated carbocycles. The van der Waals surface area contributed by atoms with Crippen LogP contribution in [0.25, 0.3) is 0 Å². The number of hydrogen-bond donors (Lipinski definition) is 3. The first kappa shape index (κ1) is 28.0. The van der Waals surface area contributed by atoms with Gasteiger partial charge in [-0.1, -0.05) is 56.3 Å². The van der Waals surface area contributed by atoms with Crippen molar-refractivity contribution in [1.82, 2.24) is 14.9 Å². The predicted octanol–water partition coefficient (Wildman–Crippen LogP) is 1.82. The molecule has 1 heterocycles. The lowest BCUT2D eigenvalue weighted by Crippen LogP contribution is -2.54. The predicted molar refractivity (Wildman–Crippen MR) is 136 cm³/mol. The molecule has 3 amide bonds. The summed E-state index contributed by atoms with van der Waals surface area (Å²) in [7, 11) is -3.91. The summed E-state index contributed by atoms with van der Waals surface area (Å²) in [6.45, 7) is 3.39. The highest BCUT2D eigenvalue weighted by Gasteiger charge is 2.35. The number of fused-ring (bicyclic) bond motifs is 1. The van der Waals surface area contributed by atoms with Crippen molar-refractivity contribution in [3.63, 3.8) is 0 Å². The van der Waals surface area contributed by atoms with Crippen LogP contribution in [0.1, 0.15) is 53.0 Å². The third kappa shape index (κ3) is 7.23. The van der Waals surface area contributed by atoms with Crippen molar-refractivity contribution in [1.29, 1.82) is 0 Å². The monoisotopic (exact) mass is 529 g/mol. The molecular formula is C26H31N3O7S. The van der Waals surface area contributed by atoms with E-state index in [1.165, 1.54) is 0 Å². The van der Waals surface area contributed by atoms with Gasteiger partial charge in [-0.3, -0.25) is 19.3 Å². The number of carbonyl (C=O) groups excluding carboxylic acids is 3. The number of nitrogens with one attached hydrogen (secondary N) is 2. The Morgan fingerprint density at radius 2 is 1.49 bits per heavy atom. The molecule has 3 N–H and O–H groups in total. The quantitative estimate of drug-likeness (QED) is 0.265.